The zero-order valence-electron chi connectivity index (χ0n) is 18.1. The van der Waals surface area contributed by atoms with Gasteiger partial charge in [0, 0.05) is 40.2 Å². The van der Waals surface area contributed by atoms with Crippen LogP contribution in [-0.2, 0) is 9.47 Å². The van der Waals surface area contributed by atoms with E-state index < -0.39 is 30.8 Å². The summed E-state index contributed by atoms with van der Waals surface area (Å²) in [5.74, 6) is 0.0973. The fourth-order valence-corrected chi connectivity index (χ4v) is 6.42. The first-order valence-corrected chi connectivity index (χ1v) is 11.3. The van der Waals surface area contributed by atoms with E-state index in [0.29, 0.717) is 0 Å². The molecule has 34 heavy (non-hydrogen) atoms. The predicted molar refractivity (Wildman–Crippen MR) is 128 cm³/mol. The number of benzene rings is 3. The third-order valence-corrected chi connectivity index (χ3v) is 7.74. The molecule has 5 atom stereocenters. The van der Waals surface area contributed by atoms with Crippen LogP contribution in [-0.4, -0.2) is 54.9 Å². The Morgan fingerprint density at radius 1 is 0.794 bits per heavy atom. The van der Waals surface area contributed by atoms with Gasteiger partial charge >= 0.3 is 0 Å². The van der Waals surface area contributed by atoms with Crippen molar-refractivity contribution in [3.05, 3.63) is 54.7 Å². The molecule has 2 aliphatic rings. The summed E-state index contributed by atoms with van der Waals surface area (Å²) in [5, 5.41) is 38.8. The highest BCUT2D eigenvalue weighted by molar-refractivity contribution is 6.36. The van der Waals surface area contributed by atoms with Gasteiger partial charge < -0.3 is 38.9 Å². The van der Waals surface area contributed by atoms with Gasteiger partial charge in [-0.25, -0.2) is 0 Å². The molecule has 4 N–H and O–H groups in total. The van der Waals surface area contributed by atoms with E-state index in [-0.39, 0.29) is 5.88 Å². The number of aliphatic hydroxyl groups is 2. The lowest BCUT2D eigenvalue weighted by Crippen LogP contribution is -2.53. The molecule has 0 saturated carbocycles. The molecule has 8 rings (SSSR count). The van der Waals surface area contributed by atoms with Crippen molar-refractivity contribution in [3.8, 4) is 5.88 Å². The SMILES string of the molecule is CO[C@@H]1[C@@H](O)[C@@H](O)[C@H]2O[C@@H]1n1c3ccccc3c3c4c[nH]c(O)c4c4c5ccccc5n2c4c31. The van der Waals surface area contributed by atoms with Gasteiger partial charge in [-0.2, -0.15) is 0 Å². The van der Waals surface area contributed by atoms with Crippen molar-refractivity contribution in [2.75, 3.05) is 7.11 Å². The minimum absolute atomic E-state index is 0.0973. The summed E-state index contributed by atoms with van der Waals surface area (Å²) in [6, 6.07) is 16.0. The number of fused-ring (bicyclic) bond motifs is 13. The summed E-state index contributed by atoms with van der Waals surface area (Å²) in [4.78, 5) is 3.02. The molecule has 0 unspecified atom stereocenters. The molecule has 1 saturated heterocycles. The van der Waals surface area contributed by atoms with E-state index in [0.717, 1.165) is 54.4 Å². The number of para-hydroxylation sites is 2. The van der Waals surface area contributed by atoms with Crippen LogP contribution in [0.1, 0.15) is 12.5 Å². The van der Waals surface area contributed by atoms with Crippen LogP contribution < -0.4 is 0 Å². The van der Waals surface area contributed by atoms with Crippen LogP contribution >= 0.6 is 0 Å². The molecule has 2 aliphatic heterocycles. The monoisotopic (exact) mass is 455 g/mol. The van der Waals surface area contributed by atoms with Crippen molar-refractivity contribution in [1.82, 2.24) is 14.1 Å². The third kappa shape index (κ3) is 1.93. The van der Waals surface area contributed by atoms with E-state index in [1.54, 1.807) is 0 Å². The average molecular weight is 455 g/mol. The summed E-state index contributed by atoms with van der Waals surface area (Å²) in [6.07, 6.45) is -2.79. The zero-order valence-corrected chi connectivity index (χ0v) is 18.1. The summed E-state index contributed by atoms with van der Waals surface area (Å²) in [6.45, 7) is 0. The number of nitrogens with one attached hydrogen (secondary N) is 1. The Bertz CT molecular complexity index is 1810. The third-order valence-electron chi connectivity index (χ3n) is 7.74. The van der Waals surface area contributed by atoms with Crippen LogP contribution in [0, 0.1) is 0 Å². The van der Waals surface area contributed by atoms with E-state index >= 15 is 0 Å². The first kappa shape index (κ1) is 18.8. The Labute approximate surface area is 192 Å². The topological polar surface area (TPSA) is 105 Å². The van der Waals surface area contributed by atoms with Crippen molar-refractivity contribution in [3.63, 3.8) is 0 Å². The molecule has 0 amide bonds. The Morgan fingerprint density at radius 2 is 1.41 bits per heavy atom. The van der Waals surface area contributed by atoms with Gasteiger partial charge in [0.05, 0.1) is 27.5 Å². The molecule has 0 aliphatic carbocycles. The number of rotatable bonds is 1. The number of aromatic amines is 1. The molecule has 8 heteroatoms. The highest BCUT2D eigenvalue weighted by atomic mass is 16.6. The highest BCUT2D eigenvalue weighted by Gasteiger charge is 2.50. The Hall–Kier alpha value is -3.56. The maximum atomic E-state index is 11.2. The number of hydrogen-bond acceptors (Lipinski definition) is 5. The number of aliphatic hydroxyl groups excluding tert-OH is 2. The number of nitrogens with zero attached hydrogens (tertiary/aromatic N) is 2. The summed E-state index contributed by atoms with van der Waals surface area (Å²) in [5.41, 5.74) is 3.57. The quantitative estimate of drug-likeness (QED) is 0.301. The second-order valence-corrected chi connectivity index (χ2v) is 9.25. The number of hydrogen-bond donors (Lipinski definition) is 4. The first-order valence-electron chi connectivity index (χ1n) is 11.3. The van der Waals surface area contributed by atoms with Gasteiger partial charge in [-0.05, 0) is 12.1 Å². The molecule has 2 bridgehead atoms. The highest BCUT2D eigenvalue weighted by Crippen LogP contribution is 2.53. The minimum atomic E-state index is -1.21. The van der Waals surface area contributed by atoms with Crippen molar-refractivity contribution in [2.45, 2.75) is 30.8 Å². The van der Waals surface area contributed by atoms with E-state index in [1.807, 2.05) is 53.2 Å². The minimum Gasteiger partial charge on any atom is -0.494 e. The smallest absolute Gasteiger partial charge is 0.197 e. The lowest BCUT2D eigenvalue weighted by molar-refractivity contribution is -0.267. The summed E-state index contributed by atoms with van der Waals surface area (Å²) in [7, 11) is 1.52. The molecule has 6 aromatic rings. The lowest BCUT2D eigenvalue weighted by Gasteiger charge is -2.42. The van der Waals surface area contributed by atoms with Crippen LogP contribution in [0.5, 0.6) is 5.88 Å². The maximum Gasteiger partial charge on any atom is 0.197 e. The van der Waals surface area contributed by atoms with Gasteiger partial charge in [0.1, 0.15) is 18.3 Å². The summed E-state index contributed by atoms with van der Waals surface area (Å²) < 4.78 is 16.4. The molecular weight excluding hydrogens is 434 g/mol. The van der Waals surface area contributed by atoms with Gasteiger partial charge in [-0.15, -0.1) is 0 Å². The van der Waals surface area contributed by atoms with E-state index in [1.165, 1.54) is 7.11 Å². The fraction of sp³-hybridized carbons (Fsp3) is 0.231. The van der Waals surface area contributed by atoms with Crippen molar-refractivity contribution < 1.29 is 24.8 Å². The number of aromatic hydroxyl groups is 1. The van der Waals surface area contributed by atoms with Crippen LogP contribution in [0.15, 0.2) is 54.7 Å². The van der Waals surface area contributed by atoms with Crippen molar-refractivity contribution in [1.29, 1.82) is 0 Å². The Morgan fingerprint density at radius 3 is 2.12 bits per heavy atom. The molecule has 8 nitrogen and oxygen atoms in total. The van der Waals surface area contributed by atoms with Crippen molar-refractivity contribution >= 4 is 54.4 Å². The first-order chi connectivity index (χ1) is 16.6. The van der Waals surface area contributed by atoms with E-state index in [2.05, 4.69) is 15.6 Å². The van der Waals surface area contributed by atoms with Gasteiger partial charge in [0.25, 0.3) is 0 Å². The molecule has 0 radical (unpaired) electrons. The van der Waals surface area contributed by atoms with Crippen LogP contribution in [0.25, 0.3) is 54.4 Å². The van der Waals surface area contributed by atoms with E-state index in [4.69, 9.17) is 9.47 Å². The van der Waals surface area contributed by atoms with Crippen molar-refractivity contribution in [2.24, 2.45) is 0 Å². The zero-order chi connectivity index (χ0) is 22.9. The number of ether oxygens (including phenoxy) is 2. The van der Waals surface area contributed by atoms with Crippen LogP contribution in [0.2, 0.25) is 0 Å². The lowest BCUT2D eigenvalue weighted by atomic mass is 10.0. The average Bonchev–Trinajstić information content (AvgIpc) is 3.47. The maximum absolute atomic E-state index is 11.2. The molecule has 170 valence electrons. The number of aromatic nitrogens is 3. The van der Waals surface area contributed by atoms with Gasteiger partial charge in [0.2, 0.25) is 0 Å². The van der Waals surface area contributed by atoms with Gasteiger partial charge in [0.15, 0.2) is 18.3 Å². The molecule has 1 fully saturated rings. The Kier molecular flexibility index (Phi) is 3.38. The van der Waals surface area contributed by atoms with E-state index in [9.17, 15) is 15.3 Å². The number of methoxy groups -OCH3 is 1. The van der Waals surface area contributed by atoms with Gasteiger partial charge in [-0.3, -0.25) is 0 Å². The van der Waals surface area contributed by atoms with Crippen LogP contribution in [0.3, 0.4) is 0 Å². The normalized spacial score (nSPS) is 26.5. The second-order valence-electron chi connectivity index (χ2n) is 9.25. The molecule has 0 spiro atoms. The predicted octanol–water partition coefficient (Wildman–Crippen LogP) is 3.87. The summed E-state index contributed by atoms with van der Waals surface area (Å²) >= 11 is 0. The fourth-order valence-electron chi connectivity index (χ4n) is 6.42. The van der Waals surface area contributed by atoms with Gasteiger partial charge in [-0.1, -0.05) is 36.4 Å². The molecule has 3 aromatic carbocycles. The largest absolute Gasteiger partial charge is 0.494 e. The molecular formula is C26H21N3O5. The molecule has 5 heterocycles. The van der Waals surface area contributed by atoms with Crippen LogP contribution in [0.4, 0.5) is 0 Å². The Balaban J connectivity index is 1.76. The number of H-pyrrole nitrogens is 1. The second kappa shape index (κ2) is 6.11. The standard InChI is InChI=1S/C26H21N3O5/c1-33-23-21(30)22(31)25-28-15-9-5-3-7-12(15)17-18-13(10-27-24(18)32)16-11-6-2-4-8-14(11)29(26(23)34-25)19(16)20(17)28/h2-10,21-23,25-27,30-32H,1H3/t21-,22+,23+,25+,26-/m0/s1. The molecule has 3 aromatic heterocycles.